The molecule has 1 nitrogen and oxygen atoms in total. The molecule has 0 saturated carbocycles. The number of carbonyl (C=O) groups is 1. The summed E-state index contributed by atoms with van der Waals surface area (Å²) in [6.07, 6.45) is 0. The molecule has 104 valence electrons. The van der Waals surface area contributed by atoms with E-state index in [4.69, 9.17) is 23.2 Å². The second-order valence-electron chi connectivity index (χ2n) is 4.57. The smallest absolute Gasteiger partial charge is 0.195 e. The van der Waals surface area contributed by atoms with Crippen molar-refractivity contribution in [1.29, 1.82) is 0 Å². The summed E-state index contributed by atoms with van der Waals surface area (Å²) in [7, 11) is 0. The lowest BCUT2D eigenvalue weighted by Crippen LogP contribution is -2.03. The highest BCUT2D eigenvalue weighted by Gasteiger charge is 2.17. The van der Waals surface area contributed by atoms with Gasteiger partial charge in [-0.05, 0) is 45.6 Å². The second-order valence-corrected chi connectivity index (χ2v) is 6.21. The van der Waals surface area contributed by atoms with Crippen LogP contribution in [-0.4, -0.2) is 5.78 Å². The van der Waals surface area contributed by atoms with Crippen LogP contribution < -0.4 is 0 Å². The fraction of sp³-hybridized carbons (Fsp3) is 0. The molecular formula is C17H9BrCl2O. The lowest BCUT2D eigenvalue weighted by molar-refractivity contribution is 0.104. The number of carbonyl (C=O) groups excluding carboxylic acids is 1. The fourth-order valence-corrected chi connectivity index (χ4v) is 3.09. The first-order valence-corrected chi connectivity index (χ1v) is 7.80. The molecule has 4 heteroatoms. The molecular weight excluding hydrogens is 371 g/mol. The van der Waals surface area contributed by atoms with Gasteiger partial charge < -0.3 is 0 Å². The Bertz CT molecular complexity index is 859. The first-order valence-electron chi connectivity index (χ1n) is 6.25. The summed E-state index contributed by atoms with van der Waals surface area (Å²) in [5, 5.41) is 2.73. The van der Waals surface area contributed by atoms with Crippen LogP contribution >= 0.6 is 39.1 Å². The Morgan fingerprint density at radius 1 is 0.810 bits per heavy atom. The largest absolute Gasteiger partial charge is 0.289 e. The summed E-state index contributed by atoms with van der Waals surface area (Å²) in [6.45, 7) is 0. The van der Waals surface area contributed by atoms with E-state index in [1.165, 1.54) is 0 Å². The number of fused-ring (bicyclic) bond motifs is 1. The van der Waals surface area contributed by atoms with Crippen LogP contribution in [0.3, 0.4) is 0 Å². The predicted octanol–water partition coefficient (Wildman–Crippen LogP) is 6.14. The number of ketones is 1. The Balaban J connectivity index is 2.23. The average molecular weight is 380 g/mol. The predicted molar refractivity (Wildman–Crippen MR) is 91.5 cm³/mol. The molecule has 0 N–H and O–H groups in total. The van der Waals surface area contributed by atoms with Gasteiger partial charge in [0.15, 0.2) is 5.78 Å². The molecule has 3 rings (SSSR count). The molecule has 3 aromatic rings. The highest BCUT2D eigenvalue weighted by atomic mass is 79.9. The third-order valence-corrected chi connectivity index (χ3v) is 4.94. The molecule has 0 heterocycles. The van der Waals surface area contributed by atoms with Gasteiger partial charge >= 0.3 is 0 Å². The van der Waals surface area contributed by atoms with E-state index in [-0.39, 0.29) is 5.78 Å². The molecule has 0 aromatic heterocycles. The van der Waals surface area contributed by atoms with Crippen LogP contribution in [-0.2, 0) is 0 Å². The maximum atomic E-state index is 12.8. The molecule has 0 bridgehead atoms. The molecule has 0 spiro atoms. The molecule has 0 atom stereocenters. The quantitative estimate of drug-likeness (QED) is 0.488. The number of rotatable bonds is 2. The monoisotopic (exact) mass is 378 g/mol. The van der Waals surface area contributed by atoms with E-state index in [0.29, 0.717) is 25.6 Å². The minimum Gasteiger partial charge on any atom is -0.289 e. The standard InChI is InChI=1S/C17H9BrCl2O/c18-14-7-3-6-13(16(14)20)17(21)12-8-9-15(19)11-5-2-1-4-10(11)12/h1-9H. The molecule has 0 aliphatic rings. The van der Waals surface area contributed by atoms with Crippen molar-refractivity contribution in [3.05, 3.63) is 80.2 Å². The molecule has 0 radical (unpaired) electrons. The van der Waals surface area contributed by atoms with Crippen molar-refractivity contribution in [2.75, 3.05) is 0 Å². The Labute approximate surface area is 140 Å². The van der Waals surface area contributed by atoms with Crippen molar-refractivity contribution in [3.8, 4) is 0 Å². The second kappa shape index (κ2) is 5.80. The zero-order chi connectivity index (χ0) is 15.0. The maximum Gasteiger partial charge on any atom is 0.195 e. The molecule has 0 amide bonds. The minimum absolute atomic E-state index is 0.117. The first-order chi connectivity index (χ1) is 10.1. The molecule has 0 aliphatic heterocycles. The van der Waals surface area contributed by atoms with Crippen molar-refractivity contribution in [1.82, 2.24) is 0 Å². The zero-order valence-electron chi connectivity index (χ0n) is 10.7. The molecule has 21 heavy (non-hydrogen) atoms. The molecule has 0 unspecified atom stereocenters. The molecule has 0 saturated heterocycles. The average Bonchev–Trinajstić information content (AvgIpc) is 2.50. The van der Waals surface area contributed by atoms with Gasteiger partial charge in [0.2, 0.25) is 0 Å². The van der Waals surface area contributed by atoms with Gasteiger partial charge in [0.1, 0.15) is 0 Å². The van der Waals surface area contributed by atoms with Crippen molar-refractivity contribution in [2.45, 2.75) is 0 Å². The number of halogens is 3. The summed E-state index contributed by atoms with van der Waals surface area (Å²) in [5.74, 6) is -0.117. The van der Waals surface area contributed by atoms with Gasteiger partial charge in [0.05, 0.1) is 5.02 Å². The Morgan fingerprint density at radius 3 is 2.29 bits per heavy atom. The maximum absolute atomic E-state index is 12.8. The van der Waals surface area contributed by atoms with Gasteiger partial charge in [-0.2, -0.15) is 0 Å². The highest BCUT2D eigenvalue weighted by molar-refractivity contribution is 9.10. The van der Waals surface area contributed by atoms with Crippen molar-refractivity contribution in [2.24, 2.45) is 0 Å². The van der Waals surface area contributed by atoms with E-state index >= 15 is 0 Å². The van der Waals surface area contributed by atoms with E-state index in [0.717, 1.165) is 10.8 Å². The third-order valence-electron chi connectivity index (χ3n) is 3.31. The number of benzene rings is 3. The zero-order valence-corrected chi connectivity index (χ0v) is 13.8. The third kappa shape index (κ3) is 2.59. The van der Waals surface area contributed by atoms with Gasteiger partial charge in [-0.15, -0.1) is 0 Å². The topological polar surface area (TPSA) is 17.1 Å². The van der Waals surface area contributed by atoms with Crippen LogP contribution in [0.1, 0.15) is 15.9 Å². The van der Waals surface area contributed by atoms with Gasteiger partial charge in [-0.1, -0.05) is 53.5 Å². The van der Waals surface area contributed by atoms with Crippen LogP contribution in [0.25, 0.3) is 10.8 Å². The first kappa shape index (κ1) is 14.6. The lowest BCUT2D eigenvalue weighted by atomic mass is 9.97. The Kier molecular flexibility index (Phi) is 4.03. The normalized spacial score (nSPS) is 10.8. The van der Waals surface area contributed by atoms with Crippen LogP contribution in [0.2, 0.25) is 10.0 Å². The van der Waals surface area contributed by atoms with Crippen LogP contribution in [0.4, 0.5) is 0 Å². The van der Waals surface area contributed by atoms with Gasteiger partial charge in [0.25, 0.3) is 0 Å². The van der Waals surface area contributed by atoms with Crippen LogP contribution in [0.15, 0.2) is 59.1 Å². The number of hydrogen-bond donors (Lipinski definition) is 0. The minimum atomic E-state index is -0.117. The highest BCUT2D eigenvalue weighted by Crippen LogP contribution is 2.31. The summed E-state index contributed by atoms with van der Waals surface area (Å²) >= 11 is 15.8. The van der Waals surface area contributed by atoms with Crippen LogP contribution in [0, 0.1) is 0 Å². The lowest BCUT2D eigenvalue weighted by Gasteiger charge is -2.09. The fourth-order valence-electron chi connectivity index (χ4n) is 2.28. The Hall–Kier alpha value is -1.35. The van der Waals surface area contributed by atoms with Gasteiger partial charge in [0, 0.05) is 26.0 Å². The summed E-state index contributed by atoms with van der Waals surface area (Å²) in [6, 6.07) is 16.4. The molecule has 0 fully saturated rings. The van der Waals surface area contributed by atoms with E-state index < -0.39 is 0 Å². The van der Waals surface area contributed by atoms with E-state index in [1.54, 1.807) is 30.3 Å². The van der Waals surface area contributed by atoms with Crippen LogP contribution in [0.5, 0.6) is 0 Å². The molecule has 0 aliphatic carbocycles. The van der Waals surface area contributed by atoms with Crippen molar-refractivity contribution in [3.63, 3.8) is 0 Å². The summed E-state index contributed by atoms with van der Waals surface area (Å²) in [4.78, 5) is 12.8. The van der Waals surface area contributed by atoms with Crippen molar-refractivity contribution >= 4 is 55.7 Å². The SMILES string of the molecule is O=C(c1cccc(Br)c1Cl)c1ccc(Cl)c2ccccc12. The molecule has 3 aromatic carbocycles. The van der Waals surface area contributed by atoms with Crippen molar-refractivity contribution < 1.29 is 4.79 Å². The summed E-state index contributed by atoms with van der Waals surface area (Å²) in [5.41, 5.74) is 1.06. The van der Waals surface area contributed by atoms with E-state index in [9.17, 15) is 4.79 Å². The van der Waals surface area contributed by atoms with E-state index in [1.807, 2.05) is 24.3 Å². The van der Waals surface area contributed by atoms with Gasteiger partial charge in [-0.3, -0.25) is 4.79 Å². The van der Waals surface area contributed by atoms with Gasteiger partial charge in [-0.25, -0.2) is 0 Å². The Morgan fingerprint density at radius 2 is 1.52 bits per heavy atom. The summed E-state index contributed by atoms with van der Waals surface area (Å²) < 4.78 is 0.702. The number of hydrogen-bond acceptors (Lipinski definition) is 1. The van der Waals surface area contributed by atoms with E-state index in [2.05, 4.69) is 15.9 Å².